The summed E-state index contributed by atoms with van der Waals surface area (Å²) in [7, 11) is 0. The quantitative estimate of drug-likeness (QED) is 0.193. The molecule has 0 aromatic rings. The lowest BCUT2D eigenvalue weighted by molar-refractivity contribution is -0.140. The Balaban J connectivity index is -0.0000000199. The van der Waals surface area contributed by atoms with Gasteiger partial charge in [0.1, 0.15) is 0 Å². The largest absolute Gasteiger partial charge is 0.466 e. The van der Waals surface area contributed by atoms with Gasteiger partial charge in [0.15, 0.2) is 0 Å². The van der Waals surface area contributed by atoms with Crippen molar-refractivity contribution in [3.63, 3.8) is 0 Å². The van der Waals surface area contributed by atoms with E-state index in [4.69, 9.17) is 278 Å². The molecule has 2 nitrogen and oxygen atoms in total. The number of halogens is 24. The molecule has 0 spiro atoms. The fraction of sp³-hybridized carbons (Fsp3) is 0.938. The van der Waals surface area contributed by atoms with E-state index >= 15 is 0 Å². The van der Waals surface area contributed by atoms with Gasteiger partial charge in [-0.3, -0.25) is 4.79 Å². The Morgan fingerprint density at radius 2 is 0.405 bits per heavy atom. The second-order valence-electron chi connectivity index (χ2n) is 2.14. The van der Waals surface area contributed by atoms with E-state index in [1.807, 2.05) is 0 Å². The number of rotatable bonds is 1. The molecule has 42 heavy (non-hydrogen) atoms. The lowest BCUT2D eigenvalue weighted by atomic mass is 10.8. The van der Waals surface area contributed by atoms with Gasteiger partial charge in [-0.15, -0.1) is 278 Å². The average molecular weight is 1110 g/mol. The Kier molecular flexibility index (Phi) is 385. The molecule has 0 saturated heterocycles. The van der Waals surface area contributed by atoms with Crippen molar-refractivity contribution in [2.45, 2.75) is 13.8 Å². The number of carbonyl (C=O) groups is 1. The Bertz CT molecular complexity index is 176. The maximum absolute atomic E-state index is 9.82. The van der Waals surface area contributed by atoms with Gasteiger partial charge in [-0.1, -0.05) is 0 Å². The summed E-state index contributed by atoms with van der Waals surface area (Å²) in [6, 6.07) is 0. The van der Waals surface area contributed by atoms with Crippen LogP contribution in [0.5, 0.6) is 0 Å². The minimum atomic E-state index is -0.211. The first kappa shape index (κ1) is 86.8. The topological polar surface area (TPSA) is 26.3 Å². The molecular weight excluding hydrogens is 1080 g/mol. The minimum Gasteiger partial charge on any atom is -0.466 e. The van der Waals surface area contributed by atoms with Gasteiger partial charge in [-0.2, -0.15) is 0 Å². The summed E-state index contributed by atoms with van der Waals surface area (Å²) in [6.45, 7) is 3.65. The van der Waals surface area contributed by atoms with E-state index in [-0.39, 0.29) is 70.0 Å². The highest BCUT2D eigenvalue weighted by Crippen LogP contribution is 1.76. The lowest BCUT2D eigenvalue weighted by Crippen LogP contribution is -1.95. The van der Waals surface area contributed by atoms with Crippen LogP contribution in [0.3, 0.4) is 0 Å². The van der Waals surface area contributed by atoms with E-state index in [0.717, 1.165) is 0 Å². The Morgan fingerprint density at radius 1 is 0.333 bits per heavy atom. The van der Waals surface area contributed by atoms with Crippen LogP contribution < -0.4 is 0 Å². The fourth-order valence-corrected chi connectivity index (χ4v) is 0.203. The smallest absolute Gasteiger partial charge is 0.302 e. The van der Waals surface area contributed by atoms with Gasteiger partial charge in [0.25, 0.3) is 0 Å². The molecule has 0 amide bonds. The van der Waals surface area contributed by atoms with Gasteiger partial charge in [-0.05, 0) is 6.92 Å². The van der Waals surface area contributed by atoms with Crippen molar-refractivity contribution in [2.24, 2.45) is 0 Å². The highest BCUT2D eigenvalue weighted by atomic mass is 35.6. The van der Waals surface area contributed by atoms with Gasteiger partial charge < -0.3 is 4.74 Å². The van der Waals surface area contributed by atoms with Crippen molar-refractivity contribution in [3.8, 4) is 0 Å². The zero-order valence-corrected chi connectivity index (χ0v) is 39.7. The molecule has 0 aromatic carbocycles. The first-order chi connectivity index (χ1) is 19.7. The zero-order valence-electron chi connectivity index (χ0n) is 21.6. The highest BCUT2D eigenvalue weighted by Gasteiger charge is 1.81. The maximum Gasteiger partial charge on any atom is 0.302 e. The number of carbonyl (C=O) groups excluding carboxylic acids is 1. The van der Waals surface area contributed by atoms with Crippen LogP contribution in [-0.4, -0.2) is 76.6 Å². The summed E-state index contributed by atoms with van der Waals surface area (Å²) in [5, 5.41) is 2.33. The summed E-state index contributed by atoms with van der Waals surface area (Å²) >= 11 is 114. The van der Waals surface area contributed by atoms with Crippen LogP contribution in [0, 0.1) is 0 Å². The Hall–Kier alpha value is 6.43. The van der Waals surface area contributed by atoms with Gasteiger partial charge in [0.05, 0.1) is 70.7 Å². The Morgan fingerprint density at radius 3 is 0.405 bits per heavy atom. The molecule has 0 saturated carbocycles. The molecule has 0 aromatic heterocycles. The first-order valence-electron chi connectivity index (χ1n) is 8.32. The zero-order chi connectivity index (χ0) is 37.5. The standard InChI is InChI=1S/C4H8O2.12CH2Cl2/c1-3-6-4(2)5;12*2-1-3/h3H2,1-2H3;12*1H2. The number of esters is 1. The molecule has 0 aliphatic carbocycles. The predicted molar refractivity (Wildman–Crippen MR) is 221 cm³/mol. The highest BCUT2D eigenvalue weighted by molar-refractivity contribution is 6.43. The second kappa shape index (κ2) is 186. The summed E-state index contributed by atoms with van der Waals surface area (Å²) in [5.74, 6) is -0.211. The maximum atomic E-state index is 9.82. The molecule has 0 bridgehead atoms. The molecular formula is C16H32Cl24O2. The van der Waals surface area contributed by atoms with Crippen LogP contribution in [0.4, 0.5) is 0 Å². The van der Waals surface area contributed by atoms with Crippen molar-refractivity contribution < 1.29 is 9.53 Å². The van der Waals surface area contributed by atoms with Crippen LogP contribution in [0.2, 0.25) is 0 Å². The third-order valence-electron chi connectivity index (χ3n) is 0.348. The molecule has 0 N–H and O–H groups in total. The van der Waals surface area contributed by atoms with Crippen molar-refractivity contribution in [1.82, 2.24) is 0 Å². The average Bonchev–Trinajstić information content (AvgIpc) is 2.85. The normalized spacial score (nSPS) is 6.24. The molecule has 0 fully saturated rings. The van der Waals surface area contributed by atoms with Gasteiger partial charge in [-0.25, -0.2) is 0 Å². The van der Waals surface area contributed by atoms with Crippen molar-refractivity contribution in [2.75, 3.05) is 70.7 Å². The van der Waals surface area contributed by atoms with E-state index in [0.29, 0.717) is 6.61 Å². The minimum absolute atomic E-state index is 0.194. The number of hydrogen-bond acceptors (Lipinski definition) is 2. The van der Waals surface area contributed by atoms with Crippen LogP contribution in [0.1, 0.15) is 13.8 Å². The van der Waals surface area contributed by atoms with Crippen molar-refractivity contribution in [3.05, 3.63) is 0 Å². The molecule has 0 radical (unpaired) electrons. The van der Waals surface area contributed by atoms with Crippen LogP contribution in [0.15, 0.2) is 0 Å². The van der Waals surface area contributed by atoms with Gasteiger partial charge in [0, 0.05) is 6.92 Å². The fourth-order valence-electron chi connectivity index (χ4n) is 0.203. The van der Waals surface area contributed by atoms with Gasteiger partial charge in [0.2, 0.25) is 0 Å². The molecule has 0 aliphatic rings. The van der Waals surface area contributed by atoms with E-state index in [9.17, 15) is 4.79 Å². The van der Waals surface area contributed by atoms with Crippen molar-refractivity contribution >= 4 is 284 Å². The lowest BCUT2D eigenvalue weighted by Gasteiger charge is -1.89. The molecule has 0 unspecified atom stereocenters. The number of hydrogen-bond donors (Lipinski definition) is 0. The van der Waals surface area contributed by atoms with Crippen LogP contribution >= 0.6 is 278 Å². The molecule has 0 heterocycles. The van der Waals surface area contributed by atoms with E-state index in [1.54, 1.807) is 6.92 Å². The SMILES string of the molecule is CCOC(C)=O.ClCCl.ClCCl.ClCCl.ClCCl.ClCCl.ClCCl.ClCCl.ClCCl.ClCCl.ClCCl.ClCCl.ClCCl. The summed E-state index contributed by atoms with van der Waals surface area (Å²) in [5.41, 5.74) is 0. The molecule has 0 aliphatic heterocycles. The predicted octanol–water partition coefficient (Wildman–Crippen LogP) is 17.6. The molecule has 0 atom stereocenters. The third kappa shape index (κ3) is 1080. The monoisotopic (exact) mass is 1100 g/mol. The number of ether oxygens (including phenoxy) is 1. The van der Waals surface area contributed by atoms with E-state index in [1.165, 1.54) is 6.92 Å². The summed E-state index contributed by atoms with van der Waals surface area (Å²) in [4.78, 5) is 9.82. The Labute approximate surface area is 373 Å². The van der Waals surface area contributed by atoms with Crippen LogP contribution in [0.25, 0.3) is 0 Å². The molecule has 26 heteroatoms. The van der Waals surface area contributed by atoms with Gasteiger partial charge >= 0.3 is 5.97 Å². The first-order valence-corrected chi connectivity index (χ1v) is 21.1. The molecule has 276 valence electrons. The summed E-state index contributed by atoms with van der Waals surface area (Å²) in [6.07, 6.45) is 0. The van der Waals surface area contributed by atoms with E-state index < -0.39 is 0 Å². The third-order valence-corrected chi connectivity index (χ3v) is 0.348. The number of alkyl halides is 24. The van der Waals surface area contributed by atoms with Crippen molar-refractivity contribution in [1.29, 1.82) is 0 Å². The summed E-state index contributed by atoms with van der Waals surface area (Å²) < 4.78 is 4.40. The second-order valence-corrected chi connectivity index (χ2v) is 11.8. The van der Waals surface area contributed by atoms with Crippen LogP contribution in [-0.2, 0) is 9.53 Å². The van der Waals surface area contributed by atoms with E-state index in [2.05, 4.69) is 4.74 Å². The molecule has 0 rings (SSSR count).